The Hall–Kier alpha value is -1.38. The molecule has 2 atom stereocenters. The van der Waals surface area contributed by atoms with Crippen LogP contribution in [0.1, 0.15) is 42.5 Å². The number of sulfonamides is 1. The zero-order chi connectivity index (χ0) is 17.5. The monoisotopic (exact) mass is 355 g/mol. The van der Waals surface area contributed by atoms with E-state index in [-0.39, 0.29) is 34.3 Å². The van der Waals surface area contributed by atoms with Gasteiger partial charge in [0.25, 0.3) is 5.91 Å². The number of amides is 1. The highest BCUT2D eigenvalue weighted by Gasteiger charge is 2.36. The lowest BCUT2D eigenvalue weighted by Crippen LogP contribution is -2.34. The van der Waals surface area contributed by atoms with Gasteiger partial charge in [0.05, 0.1) is 0 Å². The van der Waals surface area contributed by atoms with Crippen LogP contribution in [0.2, 0.25) is 0 Å². The van der Waals surface area contributed by atoms with Crippen LogP contribution < -0.4 is 5.73 Å². The van der Waals surface area contributed by atoms with Crippen LogP contribution in [-0.2, 0) is 10.0 Å². The third kappa shape index (κ3) is 2.98. The molecule has 24 heavy (non-hydrogen) atoms. The maximum atomic E-state index is 12.7. The van der Waals surface area contributed by atoms with Crippen molar-refractivity contribution < 1.29 is 17.6 Å². The molecule has 134 valence electrons. The summed E-state index contributed by atoms with van der Waals surface area (Å²) in [6, 6.07) is 1.46. The third-order valence-electron chi connectivity index (χ3n) is 5.02. The zero-order valence-corrected chi connectivity index (χ0v) is 15.0. The first-order valence-corrected chi connectivity index (χ1v) is 9.90. The predicted molar refractivity (Wildman–Crippen MR) is 89.1 cm³/mol. The van der Waals surface area contributed by atoms with Gasteiger partial charge in [-0.15, -0.1) is 0 Å². The molecule has 0 aliphatic carbocycles. The van der Waals surface area contributed by atoms with Crippen molar-refractivity contribution in [1.82, 2.24) is 9.21 Å². The molecule has 0 radical (unpaired) electrons. The Morgan fingerprint density at radius 1 is 1.38 bits per heavy atom. The number of nitrogens with zero attached hydrogens (tertiary/aromatic N) is 2. The molecule has 0 saturated carbocycles. The van der Waals surface area contributed by atoms with E-state index in [0.717, 1.165) is 19.3 Å². The van der Waals surface area contributed by atoms with Crippen molar-refractivity contribution in [3.05, 3.63) is 17.6 Å². The number of hydrogen-bond acceptors (Lipinski definition) is 5. The van der Waals surface area contributed by atoms with E-state index in [1.807, 2.05) is 6.92 Å². The fraction of sp³-hybridized carbons (Fsp3) is 0.688. The van der Waals surface area contributed by atoms with Gasteiger partial charge in [-0.2, -0.15) is 4.31 Å². The van der Waals surface area contributed by atoms with Crippen LogP contribution in [0.25, 0.3) is 0 Å². The van der Waals surface area contributed by atoms with Crippen molar-refractivity contribution in [1.29, 1.82) is 0 Å². The summed E-state index contributed by atoms with van der Waals surface area (Å²) < 4.78 is 32.4. The van der Waals surface area contributed by atoms with Gasteiger partial charge in [0, 0.05) is 31.7 Å². The lowest BCUT2D eigenvalue weighted by atomic mass is 10.1. The first-order valence-electron chi connectivity index (χ1n) is 8.46. The van der Waals surface area contributed by atoms with Crippen LogP contribution in [0.4, 0.5) is 0 Å². The minimum Gasteiger partial charge on any atom is -0.455 e. The number of furan rings is 1. The highest BCUT2D eigenvalue weighted by molar-refractivity contribution is 7.89. The molecule has 0 aromatic carbocycles. The fourth-order valence-electron chi connectivity index (χ4n) is 3.63. The summed E-state index contributed by atoms with van der Waals surface area (Å²) >= 11 is 0. The Labute approximate surface area is 142 Å². The number of aryl methyl sites for hydroxylation is 1. The molecule has 3 heterocycles. The molecule has 2 saturated heterocycles. The fourth-order valence-corrected chi connectivity index (χ4v) is 5.31. The first kappa shape index (κ1) is 17.4. The maximum absolute atomic E-state index is 12.7. The summed E-state index contributed by atoms with van der Waals surface area (Å²) in [6.45, 7) is 5.75. The van der Waals surface area contributed by atoms with E-state index in [9.17, 15) is 13.2 Å². The smallest absolute Gasteiger partial charge is 0.289 e. The van der Waals surface area contributed by atoms with Crippen LogP contribution in [-0.4, -0.2) is 55.8 Å². The van der Waals surface area contributed by atoms with Crippen molar-refractivity contribution >= 4 is 15.9 Å². The summed E-state index contributed by atoms with van der Waals surface area (Å²) in [5, 5.41) is 0. The highest BCUT2D eigenvalue weighted by Crippen LogP contribution is 2.29. The second-order valence-corrected chi connectivity index (χ2v) is 8.69. The third-order valence-corrected chi connectivity index (χ3v) is 7.03. The minimum absolute atomic E-state index is 0.0788. The molecule has 2 unspecified atom stereocenters. The average Bonchev–Trinajstić information content (AvgIpc) is 3.25. The van der Waals surface area contributed by atoms with Crippen LogP contribution in [0.3, 0.4) is 0 Å². The largest absolute Gasteiger partial charge is 0.455 e. The molecule has 2 N–H and O–H groups in total. The van der Waals surface area contributed by atoms with Gasteiger partial charge in [-0.3, -0.25) is 4.79 Å². The standard InChI is InChI=1S/C16H25N3O4S/c1-11-7-13(9-17)10-19(11)16(20)14-8-15(12(2)23-14)24(21,22)18-5-3-4-6-18/h8,11,13H,3-7,9-10,17H2,1-2H3. The second-order valence-electron chi connectivity index (χ2n) is 6.79. The van der Waals surface area contributed by atoms with Crippen LogP contribution in [0.5, 0.6) is 0 Å². The normalized spacial score (nSPS) is 25.5. The lowest BCUT2D eigenvalue weighted by Gasteiger charge is -2.20. The van der Waals surface area contributed by atoms with Gasteiger partial charge in [0.1, 0.15) is 10.7 Å². The molecular weight excluding hydrogens is 330 g/mol. The number of nitrogens with two attached hydrogens (primary N) is 1. The van der Waals surface area contributed by atoms with Gasteiger partial charge in [0.2, 0.25) is 10.0 Å². The number of hydrogen-bond donors (Lipinski definition) is 1. The van der Waals surface area contributed by atoms with Crippen molar-refractivity contribution in [2.24, 2.45) is 11.7 Å². The quantitative estimate of drug-likeness (QED) is 0.875. The van der Waals surface area contributed by atoms with Gasteiger partial charge in [-0.25, -0.2) is 8.42 Å². The number of rotatable bonds is 4. The van der Waals surface area contributed by atoms with Gasteiger partial charge in [-0.05, 0) is 45.6 Å². The van der Waals surface area contributed by atoms with E-state index in [2.05, 4.69) is 0 Å². The molecule has 0 bridgehead atoms. The van der Waals surface area contributed by atoms with Crippen LogP contribution in [0.15, 0.2) is 15.4 Å². The van der Waals surface area contributed by atoms with Crippen LogP contribution >= 0.6 is 0 Å². The molecule has 1 aromatic heterocycles. The van der Waals surface area contributed by atoms with Gasteiger partial charge in [-0.1, -0.05) is 0 Å². The minimum atomic E-state index is -3.59. The average molecular weight is 355 g/mol. The van der Waals surface area contributed by atoms with Crippen molar-refractivity contribution in [2.45, 2.75) is 44.0 Å². The van der Waals surface area contributed by atoms with E-state index in [0.29, 0.717) is 26.2 Å². The molecule has 1 amide bonds. The van der Waals surface area contributed by atoms with Crippen molar-refractivity contribution in [3.63, 3.8) is 0 Å². The summed E-state index contributed by atoms with van der Waals surface area (Å²) in [4.78, 5) is 14.5. The molecule has 2 aliphatic rings. The Morgan fingerprint density at radius 2 is 2.04 bits per heavy atom. The SMILES string of the molecule is Cc1oc(C(=O)N2CC(CN)CC2C)cc1S(=O)(=O)N1CCCC1. The molecule has 3 rings (SSSR count). The van der Waals surface area contributed by atoms with Crippen molar-refractivity contribution in [3.8, 4) is 0 Å². The van der Waals surface area contributed by atoms with E-state index >= 15 is 0 Å². The second kappa shape index (κ2) is 6.50. The van der Waals surface area contributed by atoms with Crippen LogP contribution in [0, 0.1) is 12.8 Å². The molecule has 2 aliphatic heterocycles. The molecular formula is C16H25N3O4S. The summed E-state index contributed by atoms with van der Waals surface area (Å²) in [5.74, 6) is 0.388. The highest BCUT2D eigenvalue weighted by atomic mass is 32.2. The van der Waals surface area contributed by atoms with E-state index in [4.69, 9.17) is 10.2 Å². The number of carbonyl (C=O) groups is 1. The molecule has 8 heteroatoms. The predicted octanol–water partition coefficient (Wildman–Crippen LogP) is 1.18. The Morgan fingerprint density at radius 3 is 2.62 bits per heavy atom. The van der Waals surface area contributed by atoms with Crippen molar-refractivity contribution in [2.75, 3.05) is 26.2 Å². The molecule has 0 spiro atoms. The van der Waals surface area contributed by atoms with Gasteiger partial charge in [0.15, 0.2) is 5.76 Å². The molecule has 1 aromatic rings. The van der Waals surface area contributed by atoms with Gasteiger partial charge < -0.3 is 15.1 Å². The number of carbonyl (C=O) groups excluding carboxylic acids is 1. The van der Waals surface area contributed by atoms with E-state index in [1.54, 1.807) is 11.8 Å². The lowest BCUT2D eigenvalue weighted by molar-refractivity contribution is 0.0709. The summed E-state index contributed by atoms with van der Waals surface area (Å²) in [7, 11) is -3.59. The maximum Gasteiger partial charge on any atom is 0.289 e. The summed E-state index contributed by atoms with van der Waals surface area (Å²) in [6.07, 6.45) is 2.60. The van der Waals surface area contributed by atoms with E-state index in [1.165, 1.54) is 10.4 Å². The molecule has 7 nitrogen and oxygen atoms in total. The number of likely N-dealkylation sites (tertiary alicyclic amines) is 1. The molecule has 2 fully saturated rings. The summed E-state index contributed by atoms with van der Waals surface area (Å²) in [5.41, 5.74) is 5.71. The topological polar surface area (TPSA) is 96.8 Å². The first-order chi connectivity index (χ1) is 11.3. The van der Waals surface area contributed by atoms with Gasteiger partial charge >= 0.3 is 0 Å². The van der Waals surface area contributed by atoms with E-state index < -0.39 is 10.0 Å². The Balaban J connectivity index is 1.85. The Bertz CT molecular complexity index is 722. The Kier molecular flexibility index (Phi) is 4.72. The zero-order valence-electron chi connectivity index (χ0n) is 14.2.